The lowest BCUT2D eigenvalue weighted by atomic mass is 10.0. The molecular weight excluding hydrogens is 388 g/mol. The Labute approximate surface area is 182 Å². The minimum Gasteiger partial charge on any atom is -0.322 e. The van der Waals surface area contributed by atoms with Gasteiger partial charge in [-0.15, -0.1) is 0 Å². The topological polar surface area (TPSA) is 87.5 Å². The first-order chi connectivity index (χ1) is 15.1. The number of amides is 2. The second-order valence-electron chi connectivity index (χ2n) is 7.72. The molecule has 1 heterocycles. The van der Waals surface area contributed by atoms with Crippen LogP contribution in [-0.4, -0.2) is 18.4 Å². The van der Waals surface area contributed by atoms with E-state index in [0.717, 1.165) is 29.7 Å². The molecule has 6 nitrogen and oxygen atoms in total. The number of anilines is 2. The van der Waals surface area contributed by atoms with E-state index in [1.807, 2.05) is 54.3 Å². The minimum atomic E-state index is -0.168. The molecule has 3 aromatic carbocycles. The summed E-state index contributed by atoms with van der Waals surface area (Å²) >= 11 is 0. The number of carbonyl (C=O) groups excluding carboxylic acids is 2. The Morgan fingerprint density at radius 1 is 0.968 bits per heavy atom. The normalized spacial score (nSPS) is 15.7. The number of nitrogens with one attached hydrogen (secondary N) is 2. The van der Waals surface area contributed by atoms with Gasteiger partial charge >= 0.3 is 0 Å². The number of rotatable bonds is 4. The number of fused-ring (bicyclic) bond motifs is 1. The van der Waals surface area contributed by atoms with Crippen LogP contribution < -0.4 is 21.5 Å². The van der Waals surface area contributed by atoms with Crippen molar-refractivity contribution in [3.8, 4) is 0 Å². The first kappa shape index (κ1) is 20.8. The van der Waals surface area contributed by atoms with E-state index in [-0.39, 0.29) is 17.9 Å². The van der Waals surface area contributed by atoms with Gasteiger partial charge in [0.2, 0.25) is 0 Å². The lowest BCUT2D eigenvalue weighted by Gasteiger charge is -2.24. The Hall–Kier alpha value is -3.48. The van der Waals surface area contributed by atoms with Crippen molar-refractivity contribution in [2.24, 2.45) is 5.84 Å². The van der Waals surface area contributed by atoms with Gasteiger partial charge in [0.05, 0.1) is 0 Å². The largest absolute Gasteiger partial charge is 0.322 e. The molecule has 1 atom stereocenters. The lowest BCUT2D eigenvalue weighted by molar-refractivity contribution is 0.0985. The maximum atomic E-state index is 13.3. The zero-order valence-electron chi connectivity index (χ0n) is 17.5. The van der Waals surface area contributed by atoms with Gasteiger partial charge in [0.1, 0.15) is 0 Å². The van der Waals surface area contributed by atoms with Crippen LogP contribution in [0, 0.1) is 6.92 Å². The average molecular weight is 415 g/mol. The molecule has 2 amide bonds. The van der Waals surface area contributed by atoms with E-state index in [9.17, 15) is 9.59 Å². The van der Waals surface area contributed by atoms with Crippen molar-refractivity contribution in [1.29, 1.82) is 0 Å². The molecule has 31 heavy (non-hydrogen) atoms. The number of benzene rings is 3. The molecule has 0 aliphatic carbocycles. The Kier molecular flexibility index (Phi) is 6.11. The molecule has 0 spiro atoms. The third-order valence-corrected chi connectivity index (χ3v) is 5.70. The van der Waals surface area contributed by atoms with Crippen LogP contribution in [0.2, 0.25) is 0 Å². The predicted octanol–water partition coefficient (Wildman–Crippen LogP) is 4.19. The number of nitrogens with zero attached hydrogens (tertiary/aromatic N) is 1. The van der Waals surface area contributed by atoms with Gasteiger partial charge in [0.15, 0.2) is 0 Å². The van der Waals surface area contributed by atoms with Crippen LogP contribution in [0.5, 0.6) is 0 Å². The molecule has 0 saturated heterocycles. The third-order valence-electron chi connectivity index (χ3n) is 5.70. The van der Waals surface area contributed by atoms with Crippen molar-refractivity contribution in [3.63, 3.8) is 0 Å². The summed E-state index contributed by atoms with van der Waals surface area (Å²) in [4.78, 5) is 27.6. The minimum absolute atomic E-state index is 0.0213. The van der Waals surface area contributed by atoms with E-state index in [0.29, 0.717) is 23.4 Å². The van der Waals surface area contributed by atoms with E-state index in [4.69, 9.17) is 5.84 Å². The fourth-order valence-corrected chi connectivity index (χ4v) is 4.02. The van der Waals surface area contributed by atoms with Crippen molar-refractivity contribution >= 4 is 23.2 Å². The number of para-hydroxylation sites is 1. The van der Waals surface area contributed by atoms with Crippen molar-refractivity contribution < 1.29 is 9.59 Å². The van der Waals surface area contributed by atoms with Gasteiger partial charge in [-0.2, -0.15) is 0 Å². The summed E-state index contributed by atoms with van der Waals surface area (Å²) in [6.07, 6.45) is 1.71. The Morgan fingerprint density at radius 2 is 1.68 bits per heavy atom. The highest BCUT2D eigenvalue weighted by atomic mass is 16.2. The molecule has 1 aliphatic rings. The SMILES string of the molecule is Cc1ccccc1C(=O)Nc1ccc(C(=O)N2CCCC(NN)c3ccccc32)cc1. The quantitative estimate of drug-likeness (QED) is 0.441. The van der Waals surface area contributed by atoms with Gasteiger partial charge in [-0.1, -0.05) is 36.4 Å². The number of nitrogens with two attached hydrogens (primary N) is 1. The summed E-state index contributed by atoms with van der Waals surface area (Å²) in [5, 5.41) is 2.90. The summed E-state index contributed by atoms with van der Waals surface area (Å²) in [5.41, 5.74) is 7.53. The smallest absolute Gasteiger partial charge is 0.258 e. The first-order valence-corrected chi connectivity index (χ1v) is 10.4. The summed E-state index contributed by atoms with van der Waals surface area (Å²) in [7, 11) is 0. The fourth-order valence-electron chi connectivity index (χ4n) is 4.02. The van der Waals surface area contributed by atoms with E-state index in [1.54, 1.807) is 30.3 Å². The third kappa shape index (κ3) is 4.35. The Bertz CT molecular complexity index is 1090. The van der Waals surface area contributed by atoms with Crippen molar-refractivity contribution in [3.05, 3.63) is 95.1 Å². The van der Waals surface area contributed by atoms with Gasteiger partial charge in [-0.25, -0.2) is 0 Å². The highest BCUT2D eigenvalue weighted by Crippen LogP contribution is 2.33. The lowest BCUT2D eigenvalue weighted by Crippen LogP contribution is -2.32. The highest BCUT2D eigenvalue weighted by Gasteiger charge is 2.26. The van der Waals surface area contributed by atoms with Gasteiger partial charge in [0, 0.05) is 35.1 Å². The molecule has 6 heteroatoms. The van der Waals surface area contributed by atoms with E-state index < -0.39 is 0 Å². The van der Waals surface area contributed by atoms with Crippen LogP contribution in [0.25, 0.3) is 0 Å². The number of aryl methyl sites for hydroxylation is 1. The second kappa shape index (κ2) is 9.12. The molecule has 158 valence electrons. The maximum absolute atomic E-state index is 13.3. The van der Waals surface area contributed by atoms with Gasteiger partial charge in [-0.3, -0.25) is 20.9 Å². The number of hydrogen-bond acceptors (Lipinski definition) is 4. The summed E-state index contributed by atoms with van der Waals surface area (Å²) in [5.74, 6) is 5.50. The van der Waals surface area contributed by atoms with E-state index in [2.05, 4.69) is 10.7 Å². The van der Waals surface area contributed by atoms with Gasteiger partial charge in [-0.05, 0) is 67.3 Å². The van der Waals surface area contributed by atoms with Crippen LogP contribution in [-0.2, 0) is 0 Å². The first-order valence-electron chi connectivity index (χ1n) is 10.4. The molecule has 3 aromatic rings. The van der Waals surface area contributed by atoms with Crippen LogP contribution in [0.4, 0.5) is 11.4 Å². The van der Waals surface area contributed by atoms with Crippen LogP contribution in [0.15, 0.2) is 72.8 Å². The number of hydrazine groups is 1. The second-order valence-corrected chi connectivity index (χ2v) is 7.72. The van der Waals surface area contributed by atoms with E-state index >= 15 is 0 Å². The van der Waals surface area contributed by atoms with Gasteiger partial charge < -0.3 is 10.2 Å². The predicted molar refractivity (Wildman–Crippen MR) is 123 cm³/mol. The van der Waals surface area contributed by atoms with Crippen LogP contribution in [0.1, 0.15) is 50.7 Å². The molecular formula is C25H26N4O2. The number of carbonyl (C=O) groups is 2. The molecule has 0 fully saturated rings. The number of hydrogen-bond donors (Lipinski definition) is 3. The molecule has 0 radical (unpaired) electrons. The highest BCUT2D eigenvalue weighted by molar-refractivity contribution is 6.08. The monoisotopic (exact) mass is 414 g/mol. The molecule has 1 aliphatic heterocycles. The van der Waals surface area contributed by atoms with Crippen molar-refractivity contribution in [2.75, 3.05) is 16.8 Å². The van der Waals surface area contributed by atoms with E-state index in [1.165, 1.54) is 0 Å². The van der Waals surface area contributed by atoms with Gasteiger partial charge in [0.25, 0.3) is 11.8 Å². The molecule has 0 aromatic heterocycles. The summed E-state index contributed by atoms with van der Waals surface area (Å²) < 4.78 is 0. The Balaban J connectivity index is 1.53. The van der Waals surface area contributed by atoms with Crippen LogP contribution in [0.3, 0.4) is 0 Å². The molecule has 4 N–H and O–H groups in total. The molecule has 0 bridgehead atoms. The maximum Gasteiger partial charge on any atom is 0.258 e. The molecule has 0 saturated carbocycles. The zero-order chi connectivity index (χ0) is 21.8. The van der Waals surface area contributed by atoms with Crippen LogP contribution >= 0.6 is 0 Å². The molecule has 4 rings (SSSR count). The summed E-state index contributed by atoms with van der Waals surface area (Å²) in [6, 6.07) is 22.4. The Morgan fingerprint density at radius 3 is 2.42 bits per heavy atom. The average Bonchev–Trinajstić information content (AvgIpc) is 2.99. The standard InChI is InChI=1S/C25H26N4O2/c1-17-7-2-3-8-20(17)24(30)27-19-14-12-18(13-15-19)25(31)29-16-6-10-22(28-26)21-9-4-5-11-23(21)29/h2-5,7-9,11-15,22,28H,6,10,16,26H2,1H3,(H,27,30). The zero-order valence-corrected chi connectivity index (χ0v) is 17.5. The molecule has 1 unspecified atom stereocenters. The van der Waals surface area contributed by atoms with Crippen molar-refractivity contribution in [2.45, 2.75) is 25.8 Å². The fraction of sp³-hybridized carbons (Fsp3) is 0.200. The van der Waals surface area contributed by atoms with Crippen molar-refractivity contribution in [1.82, 2.24) is 5.43 Å². The summed E-state index contributed by atoms with van der Waals surface area (Å²) in [6.45, 7) is 2.53.